The van der Waals surface area contributed by atoms with Crippen molar-refractivity contribution >= 4 is 29.4 Å². The molecule has 0 radical (unpaired) electrons. The number of carbonyl (C=O) groups excluding carboxylic acids is 4. The minimum atomic E-state index is -0.655. The molecule has 1 aliphatic rings. The third kappa shape index (κ3) is 3.37. The molecule has 2 rings (SSSR count). The summed E-state index contributed by atoms with van der Waals surface area (Å²) in [4.78, 5) is 48.8. The lowest BCUT2D eigenvalue weighted by Gasteiger charge is -2.20. The third-order valence-electron chi connectivity index (χ3n) is 3.90. The predicted molar refractivity (Wildman–Crippen MR) is 83.5 cm³/mol. The number of anilines is 1. The highest BCUT2D eigenvalue weighted by Gasteiger charge is 2.33. The van der Waals surface area contributed by atoms with Gasteiger partial charge in [0, 0.05) is 13.5 Å². The summed E-state index contributed by atoms with van der Waals surface area (Å²) in [6.07, 6.45) is 0.687. The zero-order valence-electron chi connectivity index (χ0n) is 13.6. The number of carbonyl (C=O) groups is 4. The minimum absolute atomic E-state index is 0.102. The fourth-order valence-electron chi connectivity index (χ4n) is 2.51. The molecular weight excluding hydrogens is 316 g/mol. The number of hydrogen-bond donors (Lipinski definition) is 1. The molecule has 1 unspecified atom stereocenters. The lowest BCUT2D eigenvalue weighted by Crippen LogP contribution is -2.39. The number of likely N-dealkylation sites (N-methyl/N-ethyl adjacent to an activating group) is 1. The van der Waals surface area contributed by atoms with Crippen LogP contribution < -0.4 is 5.32 Å². The van der Waals surface area contributed by atoms with Gasteiger partial charge in [-0.2, -0.15) is 0 Å². The lowest BCUT2D eigenvalue weighted by molar-refractivity contribution is -0.131. The Bertz CT molecular complexity index is 700. The molecule has 1 atom stereocenters. The zero-order chi connectivity index (χ0) is 17.9. The van der Waals surface area contributed by atoms with E-state index in [0.717, 1.165) is 0 Å². The van der Waals surface area contributed by atoms with Crippen molar-refractivity contribution in [3.05, 3.63) is 29.3 Å². The van der Waals surface area contributed by atoms with Crippen LogP contribution in [0.2, 0.25) is 0 Å². The predicted octanol–water partition coefficient (Wildman–Crippen LogP) is 0.819. The number of ether oxygens (including phenoxy) is 2. The van der Waals surface area contributed by atoms with E-state index in [1.807, 2.05) is 0 Å². The number of nitrogens with zero attached hydrogens (tertiary/aromatic N) is 1. The maximum atomic E-state index is 12.4. The molecule has 1 fully saturated rings. The smallest absolute Gasteiger partial charge is 0.339 e. The van der Waals surface area contributed by atoms with Crippen molar-refractivity contribution in [2.75, 3.05) is 26.6 Å². The molecule has 1 aromatic rings. The quantitative estimate of drug-likeness (QED) is 0.818. The largest absolute Gasteiger partial charge is 0.465 e. The Morgan fingerprint density at radius 3 is 2.38 bits per heavy atom. The maximum Gasteiger partial charge on any atom is 0.339 e. The number of likely N-dealkylation sites (tertiary alicyclic amines) is 1. The first kappa shape index (κ1) is 17.5. The number of methoxy groups -OCH3 is 2. The summed E-state index contributed by atoms with van der Waals surface area (Å²) in [5.41, 5.74) is 0.407. The molecule has 2 amide bonds. The molecule has 8 nitrogen and oxygen atoms in total. The summed E-state index contributed by atoms with van der Waals surface area (Å²) in [5.74, 6) is -1.81. The third-order valence-corrected chi connectivity index (χ3v) is 3.90. The lowest BCUT2D eigenvalue weighted by atomic mass is 10.1. The van der Waals surface area contributed by atoms with Crippen molar-refractivity contribution < 1.29 is 28.7 Å². The summed E-state index contributed by atoms with van der Waals surface area (Å²) in [5, 5.41) is 2.60. The van der Waals surface area contributed by atoms with Crippen molar-refractivity contribution in [1.82, 2.24) is 4.90 Å². The first-order chi connectivity index (χ1) is 11.4. The molecule has 1 aromatic carbocycles. The van der Waals surface area contributed by atoms with Gasteiger partial charge >= 0.3 is 11.9 Å². The molecule has 24 heavy (non-hydrogen) atoms. The molecule has 0 aliphatic carbocycles. The van der Waals surface area contributed by atoms with Crippen molar-refractivity contribution in [1.29, 1.82) is 0 Å². The minimum Gasteiger partial charge on any atom is -0.465 e. The normalized spacial score (nSPS) is 16.7. The van der Waals surface area contributed by atoms with Crippen LogP contribution in [0.5, 0.6) is 0 Å². The van der Waals surface area contributed by atoms with Crippen LogP contribution in [0.3, 0.4) is 0 Å². The van der Waals surface area contributed by atoms with Crippen LogP contribution in [0.4, 0.5) is 5.69 Å². The van der Waals surface area contributed by atoms with E-state index in [1.54, 1.807) is 7.05 Å². The van der Waals surface area contributed by atoms with Gasteiger partial charge in [-0.3, -0.25) is 9.59 Å². The van der Waals surface area contributed by atoms with Gasteiger partial charge in [-0.05, 0) is 24.6 Å². The Morgan fingerprint density at radius 2 is 1.83 bits per heavy atom. The van der Waals surface area contributed by atoms with Crippen LogP contribution in [-0.2, 0) is 19.1 Å². The van der Waals surface area contributed by atoms with E-state index < -0.39 is 23.9 Å². The standard InChI is InChI=1S/C16H18N2O6/c1-18-12(6-7-13(18)19)14(20)17-11-8-9(15(21)23-2)4-5-10(11)16(22)24-3/h4-5,8,12H,6-7H2,1-3H3,(H,17,20). The Balaban J connectivity index is 2.32. The fourth-order valence-corrected chi connectivity index (χ4v) is 2.51. The van der Waals surface area contributed by atoms with E-state index in [9.17, 15) is 19.2 Å². The van der Waals surface area contributed by atoms with Crippen LogP contribution in [0.1, 0.15) is 33.6 Å². The topological polar surface area (TPSA) is 102 Å². The summed E-state index contributed by atoms with van der Waals surface area (Å²) in [6.45, 7) is 0. The van der Waals surface area contributed by atoms with Crippen molar-refractivity contribution in [2.24, 2.45) is 0 Å². The van der Waals surface area contributed by atoms with Crippen molar-refractivity contribution in [2.45, 2.75) is 18.9 Å². The van der Waals surface area contributed by atoms with Crippen LogP contribution in [0.25, 0.3) is 0 Å². The highest BCUT2D eigenvalue weighted by Crippen LogP contribution is 2.23. The first-order valence-corrected chi connectivity index (χ1v) is 7.26. The van der Waals surface area contributed by atoms with Gasteiger partial charge in [0.2, 0.25) is 11.8 Å². The SMILES string of the molecule is COC(=O)c1ccc(C(=O)OC)c(NC(=O)C2CCC(=O)N2C)c1. The van der Waals surface area contributed by atoms with E-state index in [4.69, 9.17) is 0 Å². The summed E-state index contributed by atoms with van der Waals surface area (Å²) in [7, 11) is 3.99. The second-order valence-corrected chi connectivity index (χ2v) is 5.29. The first-order valence-electron chi connectivity index (χ1n) is 7.26. The number of rotatable bonds is 4. The Hall–Kier alpha value is -2.90. The number of esters is 2. The molecule has 8 heteroatoms. The fraction of sp³-hybridized carbons (Fsp3) is 0.375. The molecule has 1 N–H and O–H groups in total. The Morgan fingerprint density at radius 1 is 1.17 bits per heavy atom. The maximum absolute atomic E-state index is 12.4. The highest BCUT2D eigenvalue weighted by atomic mass is 16.5. The second kappa shape index (κ2) is 7.12. The Labute approximate surface area is 138 Å². The van der Waals surface area contributed by atoms with Gasteiger partial charge in [0.1, 0.15) is 6.04 Å². The van der Waals surface area contributed by atoms with Gasteiger partial charge in [0.15, 0.2) is 0 Å². The molecule has 0 aromatic heterocycles. The van der Waals surface area contributed by atoms with E-state index in [1.165, 1.54) is 37.3 Å². The summed E-state index contributed by atoms with van der Waals surface area (Å²) in [6, 6.07) is 3.49. The van der Waals surface area contributed by atoms with E-state index in [0.29, 0.717) is 12.8 Å². The summed E-state index contributed by atoms with van der Waals surface area (Å²) < 4.78 is 9.31. The summed E-state index contributed by atoms with van der Waals surface area (Å²) >= 11 is 0. The van der Waals surface area contributed by atoms with Crippen LogP contribution in [-0.4, -0.2) is 56.0 Å². The van der Waals surface area contributed by atoms with Gasteiger partial charge in [0.05, 0.1) is 31.0 Å². The average Bonchev–Trinajstić information content (AvgIpc) is 2.92. The van der Waals surface area contributed by atoms with Gasteiger partial charge in [-0.25, -0.2) is 9.59 Å². The van der Waals surface area contributed by atoms with Crippen molar-refractivity contribution in [3.8, 4) is 0 Å². The molecule has 0 saturated carbocycles. The zero-order valence-corrected chi connectivity index (χ0v) is 13.6. The number of hydrogen-bond acceptors (Lipinski definition) is 6. The molecule has 128 valence electrons. The second-order valence-electron chi connectivity index (χ2n) is 5.29. The van der Waals surface area contributed by atoms with E-state index >= 15 is 0 Å². The van der Waals surface area contributed by atoms with Gasteiger partial charge in [-0.1, -0.05) is 0 Å². The molecule has 0 bridgehead atoms. The molecule has 1 aliphatic heterocycles. The van der Waals surface area contributed by atoms with Crippen LogP contribution in [0.15, 0.2) is 18.2 Å². The molecule has 1 heterocycles. The van der Waals surface area contributed by atoms with E-state index in [-0.39, 0.29) is 22.7 Å². The Kier molecular flexibility index (Phi) is 5.18. The van der Waals surface area contributed by atoms with Crippen LogP contribution in [0, 0.1) is 0 Å². The molecule has 1 saturated heterocycles. The number of nitrogens with one attached hydrogen (secondary N) is 1. The molecular formula is C16H18N2O6. The average molecular weight is 334 g/mol. The van der Waals surface area contributed by atoms with Crippen molar-refractivity contribution in [3.63, 3.8) is 0 Å². The van der Waals surface area contributed by atoms with Gasteiger partial charge < -0.3 is 19.7 Å². The van der Waals surface area contributed by atoms with Gasteiger partial charge in [-0.15, -0.1) is 0 Å². The monoisotopic (exact) mass is 334 g/mol. The number of amides is 2. The molecule has 0 spiro atoms. The number of benzene rings is 1. The highest BCUT2D eigenvalue weighted by molar-refractivity contribution is 6.05. The van der Waals surface area contributed by atoms with Gasteiger partial charge in [0.25, 0.3) is 0 Å². The van der Waals surface area contributed by atoms with E-state index in [2.05, 4.69) is 14.8 Å². The van der Waals surface area contributed by atoms with Crippen LogP contribution >= 0.6 is 0 Å².